The fourth-order valence-corrected chi connectivity index (χ4v) is 5.28. The summed E-state index contributed by atoms with van der Waals surface area (Å²) in [5.41, 5.74) is 5.77. The summed E-state index contributed by atoms with van der Waals surface area (Å²) < 4.78 is 2.18. The molecule has 0 bridgehead atoms. The van der Waals surface area contributed by atoms with E-state index in [1.165, 1.54) is 22.0 Å². The summed E-state index contributed by atoms with van der Waals surface area (Å²) in [6.45, 7) is 6.91. The van der Waals surface area contributed by atoms with E-state index in [4.69, 9.17) is 11.6 Å². The van der Waals surface area contributed by atoms with Crippen molar-refractivity contribution in [2.75, 3.05) is 18.4 Å². The number of hydrogen-bond donors (Lipinski definition) is 1. The van der Waals surface area contributed by atoms with Crippen LogP contribution in [0, 0.1) is 5.92 Å². The largest absolute Gasteiger partial charge is 0.326 e. The zero-order valence-electron chi connectivity index (χ0n) is 20.4. The van der Waals surface area contributed by atoms with Crippen LogP contribution in [0.25, 0.3) is 16.6 Å². The molecule has 0 saturated carbocycles. The van der Waals surface area contributed by atoms with Crippen molar-refractivity contribution in [2.24, 2.45) is 5.92 Å². The molecule has 0 aliphatic carbocycles. The van der Waals surface area contributed by atoms with Crippen LogP contribution >= 0.6 is 11.6 Å². The fourth-order valence-electron chi connectivity index (χ4n) is 5.05. The van der Waals surface area contributed by atoms with Gasteiger partial charge in [-0.3, -0.25) is 9.69 Å². The first kappa shape index (κ1) is 23.7. The molecular weight excluding hydrogens is 454 g/mol. The van der Waals surface area contributed by atoms with E-state index < -0.39 is 0 Å². The van der Waals surface area contributed by atoms with Crippen LogP contribution < -0.4 is 5.32 Å². The Kier molecular flexibility index (Phi) is 6.94. The number of fused-ring (bicyclic) bond motifs is 1. The quantitative estimate of drug-likeness (QED) is 0.312. The van der Waals surface area contributed by atoms with Crippen LogP contribution in [0.3, 0.4) is 0 Å². The minimum absolute atomic E-state index is 0.0204. The summed E-state index contributed by atoms with van der Waals surface area (Å²) in [5, 5.41) is 5.07. The Bertz CT molecular complexity index is 1330. The summed E-state index contributed by atoms with van der Waals surface area (Å²) in [7, 11) is 0. The molecule has 3 aromatic carbocycles. The first-order valence-corrected chi connectivity index (χ1v) is 12.8. The van der Waals surface area contributed by atoms with Gasteiger partial charge in [-0.1, -0.05) is 61.8 Å². The molecule has 4 nitrogen and oxygen atoms in total. The molecule has 5 heteroatoms. The molecule has 1 fully saturated rings. The molecule has 0 unspecified atom stereocenters. The number of carbonyl (C=O) groups is 1. The highest BCUT2D eigenvalue weighted by Crippen LogP contribution is 2.32. The second-order valence-electron chi connectivity index (χ2n) is 9.81. The third-order valence-electron chi connectivity index (χ3n) is 7.07. The molecule has 1 N–H and O–H groups in total. The predicted octanol–water partition coefficient (Wildman–Crippen LogP) is 7.26. The summed E-state index contributed by atoms with van der Waals surface area (Å²) >= 11 is 6.47. The molecule has 2 heterocycles. The maximum atomic E-state index is 12.1. The highest BCUT2D eigenvalue weighted by Gasteiger charge is 2.22. The Labute approximate surface area is 212 Å². The molecule has 1 aromatic heterocycles. The molecule has 0 radical (unpaired) electrons. The number of carbonyl (C=O) groups excluding carboxylic acids is 1. The molecule has 1 aliphatic rings. The van der Waals surface area contributed by atoms with E-state index in [1.807, 2.05) is 38.1 Å². The first-order valence-electron chi connectivity index (χ1n) is 12.5. The number of rotatable bonds is 6. The number of nitrogens with zero attached hydrogens (tertiary/aromatic N) is 2. The van der Waals surface area contributed by atoms with E-state index in [9.17, 15) is 4.79 Å². The van der Waals surface area contributed by atoms with E-state index in [-0.39, 0.29) is 11.8 Å². The number of halogens is 1. The molecule has 1 amide bonds. The smallest absolute Gasteiger partial charge is 0.226 e. The van der Waals surface area contributed by atoms with Gasteiger partial charge < -0.3 is 9.88 Å². The number of anilines is 1. The van der Waals surface area contributed by atoms with Gasteiger partial charge in [0, 0.05) is 29.7 Å². The predicted molar refractivity (Wildman–Crippen MR) is 145 cm³/mol. The Morgan fingerprint density at radius 2 is 1.77 bits per heavy atom. The molecule has 0 spiro atoms. The lowest BCUT2D eigenvalue weighted by Gasteiger charge is -2.32. The number of likely N-dealkylation sites (tertiary alicyclic amines) is 1. The highest BCUT2D eigenvalue weighted by atomic mass is 35.5. The van der Waals surface area contributed by atoms with Crippen molar-refractivity contribution in [3.8, 4) is 5.69 Å². The number of aromatic nitrogens is 1. The van der Waals surface area contributed by atoms with Crippen LogP contribution in [-0.2, 0) is 11.3 Å². The lowest BCUT2D eigenvalue weighted by Crippen LogP contribution is -2.32. The minimum Gasteiger partial charge on any atom is -0.326 e. The van der Waals surface area contributed by atoms with Gasteiger partial charge in [-0.15, -0.1) is 0 Å². The topological polar surface area (TPSA) is 37.3 Å². The molecular formula is C30H32ClN3O. The fraction of sp³-hybridized carbons (Fsp3) is 0.300. The van der Waals surface area contributed by atoms with Crippen LogP contribution in [0.2, 0.25) is 5.02 Å². The van der Waals surface area contributed by atoms with E-state index in [0.29, 0.717) is 5.92 Å². The van der Waals surface area contributed by atoms with E-state index in [1.54, 1.807) is 0 Å². The van der Waals surface area contributed by atoms with Crippen molar-refractivity contribution < 1.29 is 4.79 Å². The summed E-state index contributed by atoms with van der Waals surface area (Å²) in [5.74, 6) is 0.571. The molecule has 35 heavy (non-hydrogen) atoms. The van der Waals surface area contributed by atoms with Crippen molar-refractivity contribution in [1.82, 2.24) is 9.47 Å². The molecule has 4 aromatic rings. The van der Waals surface area contributed by atoms with E-state index in [2.05, 4.69) is 69.5 Å². The number of amides is 1. The van der Waals surface area contributed by atoms with Crippen molar-refractivity contribution in [3.05, 3.63) is 95.1 Å². The maximum absolute atomic E-state index is 12.1. The minimum atomic E-state index is -0.0204. The monoisotopic (exact) mass is 485 g/mol. The van der Waals surface area contributed by atoms with Gasteiger partial charge in [-0.2, -0.15) is 0 Å². The standard InChI is InChI=1S/C30H32ClN3O/c1-21(2)30(35)32-25-9-5-7-23(19-25)22-13-16-33(17-14-22)20-24-8-6-12-28-26(24)15-18-34(28)29-11-4-3-10-27(29)31/h3-12,15,18-19,21-22H,13-14,16-17,20H2,1-2H3,(H,32,35). The van der Waals surface area contributed by atoms with Crippen LogP contribution in [0.1, 0.15) is 43.7 Å². The molecule has 0 atom stereocenters. The van der Waals surface area contributed by atoms with Crippen LogP contribution in [0.5, 0.6) is 0 Å². The van der Waals surface area contributed by atoms with Crippen molar-refractivity contribution in [3.63, 3.8) is 0 Å². The van der Waals surface area contributed by atoms with E-state index >= 15 is 0 Å². The van der Waals surface area contributed by atoms with Crippen LogP contribution in [0.4, 0.5) is 5.69 Å². The van der Waals surface area contributed by atoms with Gasteiger partial charge in [-0.25, -0.2) is 0 Å². The number of para-hydroxylation sites is 1. The lowest BCUT2D eigenvalue weighted by molar-refractivity contribution is -0.118. The number of benzene rings is 3. The zero-order chi connectivity index (χ0) is 24.4. The second kappa shape index (κ2) is 10.3. The lowest BCUT2D eigenvalue weighted by atomic mass is 9.89. The van der Waals surface area contributed by atoms with Gasteiger partial charge in [-0.05, 0) is 79.4 Å². The van der Waals surface area contributed by atoms with Crippen molar-refractivity contribution >= 4 is 34.1 Å². The summed E-state index contributed by atoms with van der Waals surface area (Å²) in [4.78, 5) is 14.6. The maximum Gasteiger partial charge on any atom is 0.226 e. The van der Waals surface area contributed by atoms with Gasteiger partial charge in [0.05, 0.1) is 16.2 Å². The molecule has 180 valence electrons. The van der Waals surface area contributed by atoms with Gasteiger partial charge in [0.25, 0.3) is 0 Å². The zero-order valence-corrected chi connectivity index (χ0v) is 21.1. The average molecular weight is 486 g/mol. The number of hydrogen-bond acceptors (Lipinski definition) is 2. The number of piperidine rings is 1. The van der Waals surface area contributed by atoms with Crippen molar-refractivity contribution in [2.45, 2.75) is 39.2 Å². The third-order valence-corrected chi connectivity index (χ3v) is 7.39. The molecule has 1 saturated heterocycles. The Morgan fingerprint density at radius 3 is 2.54 bits per heavy atom. The Hall–Kier alpha value is -3.08. The Morgan fingerprint density at radius 1 is 1.00 bits per heavy atom. The van der Waals surface area contributed by atoms with Crippen molar-refractivity contribution in [1.29, 1.82) is 0 Å². The second-order valence-corrected chi connectivity index (χ2v) is 10.2. The van der Waals surface area contributed by atoms with Crippen LogP contribution in [-0.4, -0.2) is 28.5 Å². The number of nitrogens with one attached hydrogen (secondary N) is 1. The van der Waals surface area contributed by atoms with Gasteiger partial charge in [0.15, 0.2) is 0 Å². The van der Waals surface area contributed by atoms with Gasteiger partial charge in [0.2, 0.25) is 5.91 Å². The van der Waals surface area contributed by atoms with Gasteiger partial charge in [0.1, 0.15) is 0 Å². The summed E-state index contributed by atoms with van der Waals surface area (Å²) in [6, 6.07) is 25.1. The first-order chi connectivity index (χ1) is 17.0. The van der Waals surface area contributed by atoms with Crippen LogP contribution in [0.15, 0.2) is 79.0 Å². The normalized spacial score (nSPS) is 15.1. The SMILES string of the molecule is CC(C)C(=O)Nc1cccc(C2CCN(Cc3cccc4c3ccn4-c3ccccc3Cl)CC2)c1. The van der Waals surface area contributed by atoms with Gasteiger partial charge >= 0.3 is 0 Å². The average Bonchev–Trinajstić information content (AvgIpc) is 3.30. The highest BCUT2D eigenvalue weighted by molar-refractivity contribution is 6.32. The molecule has 1 aliphatic heterocycles. The Balaban J connectivity index is 1.26. The molecule has 5 rings (SSSR count). The summed E-state index contributed by atoms with van der Waals surface area (Å²) in [6.07, 6.45) is 4.36. The van der Waals surface area contributed by atoms with E-state index in [0.717, 1.165) is 48.9 Å². The third kappa shape index (κ3) is 5.14.